The number of ether oxygens (including phenoxy) is 1. The number of amides is 2. The number of hydrogen-bond acceptors (Lipinski definition) is 12. The monoisotopic (exact) mass is 1030 g/mol. The summed E-state index contributed by atoms with van der Waals surface area (Å²) in [5.74, 6) is 0.182. The van der Waals surface area contributed by atoms with Crippen molar-refractivity contribution in [2.75, 3.05) is 54.1 Å². The number of aliphatic carboxylic acids is 1. The first-order chi connectivity index (χ1) is 32.7. The zero-order valence-electron chi connectivity index (χ0n) is 39.7. The van der Waals surface area contributed by atoms with E-state index in [4.69, 9.17) is 62.6 Å². The van der Waals surface area contributed by atoms with Crippen LogP contribution < -0.4 is 40.1 Å². The first-order valence-corrected chi connectivity index (χ1v) is 25.0. The van der Waals surface area contributed by atoms with Gasteiger partial charge in [0.1, 0.15) is 12.8 Å². The maximum atomic E-state index is 13.2. The third kappa shape index (κ3) is 14.6. The summed E-state index contributed by atoms with van der Waals surface area (Å²) in [5.41, 5.74) is 15.7. The van der Waals surface area contributed by atoms with Crippen LogP contribution in [0.1, 0.15) is 107 Å². The van der Waals surface area contributed by atoms with Crippen molar-refractivity contribution in [3.05, 3.63) is 104 Å². The Balaban J connectivity index is 0.000000254. The van der Waals surface area contributed by atoms with Gasteiger partial charge in [0.15, 0.2) is 11.6 Å². The molecule has 2 aliphatic heterocycles. The molecule has 0 spiro atoms. The molecule has 2 aromatic heterocycles. The molecule has 0 unspecified atom stereocenters. The quantitative estimate of drug-likeness (QED) is 0.0708. The summed E-state index contributed by atoms with van der Waals surface area (Å²) < 4.78 is 5.03. The van der Waals surface area contributed by atoms with Gasteiger partial charge >= 0.3 is 30.8 Å². The van der Waals surface area contributed by atoms with Crippen LogP contribution in [-0.2, 0) is 23.9 Å². The molecule has 2 saturated heterocycles. The number of carbonyl (C=O) groups is 4. The normalized spacial score (nSPS) is 20.5. The van der Waals surface area contributed by atoms with Gasteiger partial charge in [-0.2, -0.15) is 0 Å². The molecule has 8 rings (SSSR count). The number of benzene rings is 2. The first kappa shape index (κ1) is 56.5. The molecule has 2 aromatic carbocycles. The van der Waals surface area contributed by atoms with E-state index in [0.717, 1.165) is 36.8 Å². The number of esters is 1. The molecule has 2 amide bonds. The van der Waals surface area contributed by atoms with Gasteiger partial charge in [0.2, 0.25) is 11.8 Å². The molecule has 15 nitrogen and oxygen atoms in total. The molecular formula is C50H61Cl4LiN8O7. The second-order valence-corrected chi connectivity index (χ2v) is 20.1. The fourth-order valence-electron chi connectivity index (χ4n) is 10.5. The molecule has 4 heterocycles. The number of carboxylic acid groups (broad SMARTS) is 1. The van der Waals surface area contributed by atoms with Crippen LogP contribution in [0.4, 0.5) is 23.0 Å². The number of rotatable bonds is 13. The van der Waals surface area contributed by atoms with Crippen LogP contribution in [-0.4, -0.2) is 99.0 Å². The zero-order valence-corrected chi connectivity index (χ0v) is 42.7. The molecule has 4 fully saturated rings. The minimum atomic E-state index is -1.12. The van der Waals surface area contributed by atoms with Gasteiger partial charge in [0, 0.05) is 60.7 Å². The van der Waals surface area contributed by atoms with Gasteiger partial charge in [-0.1, -0.05) is 122 Å². The van der Waals surface area contributed by atoms with E-state index < -0.39 is 18.4 Å². The molecule has 4 aliphatic rings. The van der Waals surface area contributed by atoms with Gasteiger partial charge in [0.25, 0.3) is 0 Å². The summed E-state index contributed by atoms with van der Waals surface area (Å²) in [4.78, 5) is 66.5. The Morgan fingerprint density at radius 3 is 1.37 bits per heavy atom. The van der Waals surface area contributed by atoms with E-state index >= 15 is 0 Å². The Bertz CT molecular complexity index is 2400. The van der Waals surface area contributed by atoms with Crippen molar-refractivity contribution in [3.8, 4) is 0 Å². The van der Waals surface area contributed by atoms with E-state index in [1.54, 1.807) is 41.2 Å². The fourth-order valence-corrected chi connectivity index (χ4v) is 11.1. The average Bonchev–Trinajstić information content (AvgIpc) is 4.02. The van der Waals surface area contributed by atoms with Gasteiger partial charge in [-0.3, -0.25) is 19.2 Å². The van der Waals surface area contributed by atoms with E-state index in [1.165, 1.54) is 38.5 Å². The maximum Gasteiger partial charge on any atom is 1.00 e. The number of piperazine rings is 2. The van der Waals surface area contributed by atoms with Crippen LogP contribution >= 0.6 is 46.4 Å². The zero-order chi connectivity index (χ0) is 48.5. The number of nitrogens with two attached hydrogens (primary N) is 2. The van der Waals surface area contributed by atoms with E-state index in [-0.39, 0.29) is 73.3 Å². The first-order valence-electron chi connectivity index (χ1n) is 23.5. The predicted molar refractivity (Wildman–Crippen MR) is 270 cm³/mol. The number of pyridine rings is 2. The molecular weight excluding hydrogens is 973 g/mol. The number of carboxylic acids is 1. The number of carbonyl (C=O) groups excluding carboxylic acids is 3. The molecule has 0 bridgehead atoms. The smallest absolute Gasteiger partial charge is 0.870 e. The predicted octanol–water partition coefficient (Wildman–Crippen LogP) is 6.87. The van der Waals surface area contributed by atoms with Gasteiger partial charge in [-0.15, -0.1) is 0 Å². The summed E-state index contributed by atoms with van der Waals surface area (Å²) in [5, 5.41) is 11.4. The Labute approximate surface area is 442 Å². The summed E-state index contributed by atoms with van der Waals surface area (Å²) in [7, 11) is 0. The third-order valence-electron chi connectivity index (χ3n) is 13.6. The van der Waals surface area contributed by atoms with Crippen LogP contribution in [0.2, 0.25) is 20.1 Å². The van der Waals surface area contributed by atoms with Crippen molar-refractivity contribution in [2.24, 2.45) is 11.8 Å². The largest absolute Gasteiger partial charge is 1.00 e. The Morgan fingerprint density at radius 1 is 0.629 bits per heavy atom. The molecule has 2 aliphatic carbocycles. The Kier molecular flexibility index (Phi) is 21.2. The van der Waals surface area contributed by atoms with Gasteiger partial charge in [0.05, 0.1) is 40.1 Å². The van der Waals surface area contributed by atoms with E-state index in [9.17, 15) is 24.3 Å². The number of anilines is 4. The molecule has 6 N–H and O–H groups in total. The van der Waals surface area contributed by atoms with Crippen molar-refractivity contribution in [3.63, 3.8) is 0 Å². The van der Waals surface area contributed by atoms with Gasteiger partial charge < -0.3 is 46.4 Å². The number of nitrogens with zero attached hydrogens (tertiary/aromatic N) is 6. The number of nitrogen functional groups attached to an aromatic ring is 2. The second kappa shape index (κ2) is 26.3. The van der Waals surface area contributed by atoms with E-state index in [1.807, 2.05) is 48.5 Å². The minimum Gasteiger partial charge on any atom is -0.870 e. The van der Waals surface area contributed by atoms with Crippen molar-refractivity contribution < 1.29 is 53.4 Å². The van der Waals surface area contributed by atoms with Crippen molar-refractivity contribution in [2.45, 2.75) is 108 Å². The van der Waals surface area contributed by atoms with Crippen LogP contribution in [0.5, 0.6) is 0 Å². The Morgan fingerprint density at radius 2 is 1.01 bits per heavy atom. The number of halogens is 4. The van der Waals surface area contributed by atoms with Crippen molar-refractivity contribution in [1.29, 1.82) is 0 Å². The summed E-state index contributed by atoms with van der Waals surface area (Å²) in [6, 6.07) is 18.0. The van der Waals surface area contributed by atoms with Gasteiger partial charge in [-0.25, -0.2) is 9.97 Å². The van der Waals surface area contributed by atoms with Crippen molar-refractivity contribution in [1.82, 2.24) is 19.8 Å². The van der Waals surface area contributed by atoms with Gasteiger partial charge in [-0.05, 0) is 79.1 Å². The molecule has 20 heteroatoms. The number of hydrogen-bond donors (Lipinski definition) is 3. The molecule has 4 atom stereocenters. The second-order valence-electron chi connectivity index (χ2n) is 18.3. The average molecular weight is 1030 g/mol. The van der Waals surface area contributed by atoms with Crippen LogP contribution in [0.25, 0.3) is 0 Å². The van der Waals surface area contributed by atoms with Crippen LogP contribution in [0.3, 0.4) is 0 Å². The third-order valence-corrected chi connectivity index (χ3v) is 14.5. The maximum absolute atomic E-state index is 13.2. The minimum absolute atomic E-state index is 0. The molecule has 2 saturated carbocycles. The summed E-state index contributed by atoms with van der Waals surface area (Å²) in [6.07, 6.45) is 13.7. The van der Waals surface area contributed by atoms with Crippen LogP contribution in [0, 0.1) is 11.8 Å². The summed E-state index contributed by atoms with van der Waals surface area (Å²) >= 11 is 24.6. The molecule has 0 radical (unpaired) electrons. The number of aromatic nitrogens is 2. The molecule has 372 valence electrons. The summed E-state index contributed by atoms with van der Waals surface area (Å²) in [6.45, 7) is 3.63. The van der Waals surface area contributed by atoms with E-state index in [0.29, 0.717) is 81.1 Å². The van der Waals surface area contributed by atoms with Crippen molar-refractivity contribution >= 4 is 93.2 Å². The molecule has 4 aromatic rings. The fraction of sp³-hybridized carbons (Fsp3) is 0.480. The molecule has 70 heavy (non-hydrogen) atoms. The Hall–Kier alpha value is -4.46. The topological polar surface area (TPSA) is 219 Å². The SMILES string of the molecule is CCOC(=O)CC(=O)N1C[C@H](CC2CCCC2)N(c2ncc(Cl)cc2N)[C@H](c2ccc(Cl)cc2)C1.Nc1cc(Cl)cnc1N1[C@@H](CC2CCCC2)CN(C(=O)CC(=O)O)C[C@H]1c1ccc(Cl)cc1.[Li+].[OH-]. The van der Waals surface area contributed by atoms with Crippen LogP contribution in [0.15, 0.2) is 73.1 Å². The van der Waals surface area contributed by atoms with E-state index in [2.05, 4.69) is 19.8 Å². The standard InChI is InChI=1S/C26H32Cl2N4O3.C24H28Cl2N4O3.Li.H2O/c1-2-35-25(34)13-24(33)31-15-21(11-17-5-3-4-6-17)32(26-22(29)12-20(28)14-30-26)23(16-31)18-7-9-19(27)10-8-18;25-17-7-5-16(6-8-17)21-14-29(22(31)11-23(32)33)13-19(9-15-3-1-2-4-15)30(21)24-20(27)10-18(26)12-28-24;;/h7-10,12,14,17,21,23H,2-6,11,13,15-16,29H2,1H3;5-8,10,12,15,19,21H,1-4,9,11,13-14,27H2,(H,32,33);;1H2/q;;+1;/p-1/t21-,23-;19-,21-;;/m00../s1.